The van der Waals surface area contributed by atoms with Crippen LogP contribution in [0.1, 0.15) is 64.4 Å². The highest BCUT2D eigenvalue weighted by Gasteiger charge is 2.65. The highest BCUT2D eigenvalue weighted by atomic mass is 16.3. The molecule has 3 heteroatoms. The van der Waals surface area contributed by atoms with Crippen molar-refractivity contribution >= 4 is 11.8 Å². The van der Waals surface area contributed by atoms with Crippen molar-refractivity contribution < 1.29 is 5.11 Å². The number of pyridine rings is 1. The molecule has 3 nitrogen and oxygen atoms in total. The van der Waals surface area contributed by atoms with Gasteiger partial charge in [-0.25, -0.2) is 0 Å². The summed E-state index contributed by atoms with van der Waals surface area (Å²) in [5.41, 5.74) is 4.26. The predicted molar refractivity (Wildman–Crippen MR) is 113 cm³/mol. The van der Waals surface area contributed by atoms with Crippen LogP contribution in [0.25, 0.3) is 5.57 Å². The molecule has 148 valence electrons. The van der Waals surface area contributed by atoms with E-state index in [1.807, 2.05) is 24.7 Å². The summed E-state index contributed by atoms with van der Waals surface area (Å²) in [4.78, 5) is 4.37. The first-order valence-corrected chi connectivity index (χ1v) is 10.9. The molecule has 6 atom stereocenters. The third kappa shape index (κ3) is 2.20. The zero-order valence-electron chi connectivity index (χ0n) is 17.1. The van der Waals surface area contributed by atoms with Gasteiger partial charge in [-0.1, -0.05) is 37.6 Å². The van der Waals surface area contributed by atoms with Gasteiger partial charge in [0, 0.05) is 29.4 Å². The summed E-state index contributed by atoms with van der Waals surface area (Å²) in [6.07, 6.45) is 17.6. The first-order valence-electron chi connectivity index (χ1n) is 10.9. The first-order chi connectivity index (χ1) is 13.4. The average molecular weight is 377 g/mol. The fraction of sp³-hybridized carbons (Fsp3) is 0.600. The van der Waals surface area contributed by atoms with Gasteiger partial charge in [-0.2, -0.15) is 0 Å². The van der Waals surface area contributed by atoms with E-state index < -0.39 is 0 Å². The molecule has 1 aromatic heterocycles. The number of allylic oxidation sites excluding steroid dienone is 3. The van der Waals surface area contributed by atoms with Gasteiger partial charge in [0.15, 0.2) is 0 Å². The molecule has 0 bridgehead atoms. The van der Waals surface area contributed by atoms with Crippen LogP contribution in [0, 0.1) is 33.5 Å². The minimum Gasteiger partial charge on any atom is -0.393 e. The average Bonchev–Trinajstić information content (AvgIpc) is 3.01. The molecule has 0 radical (unpaired) electrons. The van der Waals surface area contributed by atoms with Gasteiger partial charge in [0.2, 0.25) is 0 Å². The van der Waals surface area contributed by atoms with E-state index in [4.69, 9.17) is 5.41 Å². The van der Waals surface area contributed by atoms with Crippen molar-refractivity contribution in [2.75, 3.05) is 0 Å². The number of nitrogens with zero attached hydrogens (tertiary/aromatic N) is 1. The monoisotopic (exact) mass is 376 g/mol. The van der Waals surface area contributed by atoms with Gasteiger partial charge in [0.05, 0.1) is 6.10 Å². The maximum Gasteiger partial charge on any atom is 0.0577 e. The lowest BCUT2D eigenvalue weighted by Crippen LogP contribution is -2.58. The van der Waals surface area contributed by atoms with Crippen molar-refractivity contribution in [3.63, 3.8) is 0 Å². The highest BCUT2D eigenvalue weighted by molar-refractivity contribution is 5.82. The maximum absolute atomic E-state index is 10.2. The second-order valence-corrected chi connectivity index (χ2v) is 10.1. The van der Waals surface area contributed by atoms with E-state index in [1.54, 1.807) is 0 Å². The number of nitrogens with one attached hydrogen (secondary N) is 1. The predicted octanol–water partition coefficient (Wildman–Crippen LogP) is 5.42. The minimum atomic E-state index is -0.154. The van der Waals surface area contributed by atoms with Crippen LogP contribution < -0.4 is 0 Å². The van der Waals surface area contributed by atoms with Gasteiger partial charge in [0.1, 0.15) is 0 Å². The highest BCUT2D eigenvalue weighted by Crippen LogP contribution is 2.72. The van der Waals surface area contributed by atoms with Crippen LogP contribution in [-0.4, -0.2) is 22.4 Å². The molecule has 0 spiro atoms. The number of rotatable bonds is 2. The molecule has 0 saturated heterocycles. The van der Waals surface area contributed by atoms with Crippen LogP contribution in [0.2, 0.25) is 0 Å². The van der Waals surface area contributed by atoms with E-state index in [1.165, 1.54) is 23.1 Å². The molecular weight excluding hydrogens is 344 g/mol. The zero-order chi connectivity index (χ0) is 19.6. The van der Waals surface area contributed by atoms with Crippen LogP contribution in [0.15, 0.2) is 42.3 Å². The number of aliphatic hydroxyl groups excluding tert-OH is 1. The molecule has 1 aromatic rings. The van der Waals surface area contributed by atoms with E-state index in [0.717, 1.165) is 38.5 Å². The van der Waals surface area contributed by atoms with Crippen molar-refractivity contribution in [3.05, 3.63) is 47.8 Å². The molecule has 28 heavy (non-hydrogen) atoms. The number of fused-ring (bicyclic) bond motifs is 5. The summed E-state index contributed by atoms with van der Waals surface area (Å²) in [5, 5.41) is 18.8. The van der Waals surface area contributed by atoms with Crippen molar-refractivity contribution in [1.82, 2.24) is 4.98 Å². The molecule has 1 heterocycles. The summed E-state index contributed by atoms with van der Waals surface area (Å²) in [6, 6.07) is 4.21. The lowest BCUT2D eigenvalue weighted by atomic mass is 9.40. The standard InChI is InChI=1S/C25H32N2O/c1-23-11-12-24(2)21(18-4-3-13-27-15-18)9-10-25(24,16-26)22(23)8-5-17-14-19(28)6-7-20(17)23/h3-5,9,13,15-16,19-20,22,26,28H,6-8,10-12,14H2,1-2H3. The number of hydrogen-bond acceptors (Lipinski definition) is 3. The summed E-state index contributed by atoms with van der Waals surface area (Å²) in [6.45, 7) is 4.91. The molecule has 0 amide bonds. The molecular formula is C25H32N2O. The first kappa shape index (κ1) is 18.3. The Morgan fingerprint density at radius 3 is 2.82 bits per heavy atom. The topological polar surface area (TPSA) is 57.0 Å². The van der Waals surface area contributed by atoms with Gasteiger partial charge < -0.3 is 10.5 Å². The Morgan fingerprint density at radius 1 is 1.21 bits per heavy atom. The van der Waals surface area contributed by atoms with Gasteiger partial charge in [0.25, 0.3) is 0 Å². The zero-order valence-corrected chi connectivity index (χ0v) is 17.1. The van der Waals surface area contributed by atoms with Crippen molar-refractivity contribution in [3.8, 4) is 0 Å². The summed E-state index contributed by atoms with van der Waals surface area (Å²) in [5.74, 6) is 1.07. The molecule has 0 aromatic carbocycles. The molecule has 2 saturated carbocycles. The molecule has 2 N–H and O–H groups in total. The van der Waals surface area contributed by atoms with Gasteiger partial charge in [-0.3, -0.25) is 4.98 Å². The number of hydrogen-bond donors (Lipinski definition) is 2. The summed E-state index contributed by atoms with van der Waals surface area (Å²) >= 11 is 0. The van der Waals surface area contributed by atoms with E-state index in [0.29, 0.717) is 11.8 Å². The van der Waals surface area contributed by atoms with Crippen LogP contribution in [0.5, 0.6) is 0 Å². The molecule has 6 unspecified atom stereocenters. The quantitative estimate of drug-likeness (QED) is 0.535. The summed E-state index contributed by atoms with van der Waals surface area (Å²) < 4.78 is 0. The van der Waals surface area contributed by atoms with Gasteiger partial charge >= 0.3 is 0 Å². The number of aromatic nitrogens is 1. The van der Waals surface area contributed by atoms with Gasteiger partial charge in [-0.05, 0) is 79.4 Å². The third-order valence-electron chi connectivity index (χ3n) is 9.20. The Labute approximate surface area is 168 Å². The fourth-order valence-corrected chi connectivity index (χ4v) is 7.63. The van der Waals surface area contributed by atoms with E-state index >= 15 is 0 Å². The van der Waals surface area contributed by atoms with E-state index in [2.05, 4.69) is 37.0 Å². The molecule has 0 aliphatic heterocycles. The van der Waals surface area contributed by atoms with Crippen LogP contribution in [-0.2, 0) is 0 Å². The normalized spacial score (nSPS) is 44.6. The molecule has 5 rings (SSSR count). The second-order valence-electron chi connectivity index (χ2n) is 10.1. The SMILES string of the molecule is CC12CCC3(C)C(c4cccnc4)=CCC3(C=N)C1CC=C1CC(O)CCC12. The Kier molecular flexibility index (Phi) is 4.00. The van der Waals surface area contributed by atoms with Gasteiger partial charge in [-0.15, -0.1) is 0 Å². The van der Waals surface area contributed by atoms with E-state index in [-0.39, 0.29) is 22.3 Å². The van der Waals surface area contributed by atoms with E-state index in [9.17, 15) is 5.11 Å². The Hall–Kier alpha value is -1.74. The fourth-order valence-electron chi connectivity index (χ4n) is 7.63. The Morgan fingerprint density at radius 2 is 2.07 bits per heavy atom. The molecule has 4 aliphatic carbocycles. The minimum absolute atomic E-state index is 0.00147. The Balaban J connectivity index is 1.58. The van der Waals surface area contributed by atoms with Crippen molar-refractivity contribution in [1.29, 1.82) is 5.41 Å². The van der Waals surface area contributed by atoms with Crippen LogP contribution in [0.3, 0.4) is 0 Å². The maximum atomic E-state index is 10.2. The van der Waals surface area contributed by atoms with Crippen LogP contribution >= 0.6 is 0 Å². The lowest BCUT2D eigenvalue weighted by molar-refractivity contribution is -0.0783. The smallest absolute Gasteiger partial charge is 0.0577 e. The van der Waals surface area contributed by atoms with Crippen molar-refractivity contribution in [2.45, 2.75) is 64.9 Å². The van der Waals surface area contributed by atoms with Crippen LogP contribution in [0.4, 0.5) is 0 Å². The molecule has 2 fully saturated rings. The lowest BCUT2D eigenvalue weighted by Gasteiger charge is -2.63. The van der Waals surface area contributed by atoms with Crippen molar-refractivity contribution in [2.24, 2.45) is 28.1 Å². The largest absolute Gasteiger partial charge is 0.393 e. The molecule has 4 aliphatic rings. The second kappa shape index (κ2) is 6.13. The Bertz CT molecular complexity index is 859. The number of aliphatic hydroxyl groups is 1. The summed E-state index contributed by atoms with van der Waals surface area (Å²) in [7, 11) is 0. The third-order valence-corrected chi connectivity index (χ3v) is 9.20.